The van der Waals surface area contributed by atoms with Gasteiger partial charge in [0.1, 0.15) is 78.6 Å². The predicted molar refractivity (Wildman–Crippen MR) is 246 cm³/mol. The summed E-state index contributed by atoms with van der Waals surface area (Å²) in [5, 5.41) is 35.7. The van der Waals surface area contributed by atoms with Gasteiger partial charge in [-0.2, -0.15) is 0 Å². The van der Waals surface area contributed by atoms with E-state index < -0.39 is 136 Å². The summed E-state index contributed by atoms with van der Waals surface area (Å²) in [6, 6.07) is 0. The summed E-state index contributed by atoms with van der Waals surface area (Å²) in [4.78, 5) is 96.1. The molecule has 7 unspecified atom stereocenters. The summed E-state index contributed by atoms with van der Waals surface area (Å²) >= 11 is 0. The standard InChI is InChI=1S/C36H51N15O23P4/c1-14(2)68-24-16(70-34(23(24)54)49-11-44-18-27(37)40-9-42-29(18)49)7-65-75(56,57)72-25-17(71-35(26(25)64-5)50-12-45-19-28(39-3)41-10-43-30(19)50)8-67-77(60,61)74-78(62,63)73-76(58,59)66-6-15-21(52)22(53)33(69-15)51-13-48(4)20-31(51)46-36(38)47-32(20)55/h9-17,21-26,33-35,52-54H,6-8H2,1-5H3,(H9-,37,38,39,40,41,42,43,46,47,55,56,57,58,59,60,61,62,63)/p-3/t15-,16-,17-,21+,22?,23?,24+,25+,26?,33-,34-,35-/m1/s1. The third kappa shape index (κ3) is 11.8. The van der Waals surface area contributed by atoms with Crippen LogP contribution in [0.1, 0.15) is 32.5 Å². The smallest absolute Gasteiger partial charge is 0.313 e. The molecule has 16 atom stereocenters. The largest absolute Gasteiger partial charge is 0.756 e. The average Bonchev–Trinajstić information content (AvgIpc) is 4.29. The van der Waals surface area contributed by atoms with E-state index in [-0.39, 0.29) is 51.1 Å². The van der Waals surface area contributed by atoms with E-state index in [1.807, 2.05) is 0 Å². The van der Waals surface area contributed by atoms with E-state index in [4.69, 9.17) is 48.7 Å². The molecule has 9 heterocycles. The summed E-state index contributed by atoms with van der Waals surface area (Å²) in [5.41, 5.74) is 11.4. The molecule has 3 saturated heterocycles. The van der Waals surface area contributed by atoms with E-state index in [0.717, 1.165) is 24.3 Å². The number of methoxy groups -OCH3 is 1. The van der Waals surface area contributed by atoms with Gasteiger partial charge in [0, 0.05) is 14.2 Å². The number of H-pyrrole nitrogens is 1. The minimum absolute atomic E-state index is 0.0265. The molecule has 0 saturated carbocycles. The van der Waals surface area contributed by atoms with Crippen molar-refractivity contribution in [1.82, 2.24) is 53.6 Å². The zero-order valence-corrected chi connectivity index (χ0v) is 44.5. The molecule has 428 valence electrons. The van der Waals surface area contributed by atoms with E-state index >= 15 is 0 Å². The molecule has 0 aromatic carbocycles. The zero-order chi connectivity index (χ0) is 56.4. The van der Waals surface area contributed by atoms with Crippen LogP contribution in [0, 0.1) is 0 Å². The van der Waals surface area contributed by atoms with Gasteiger partial charge < -0.3 is 93.5 Å². The monoisotopic (exact) mass is 1180 g/mol. The molecule has 0 bridgehead atoms. The van der Waals surface area contributed by atoms with Gasteiger partial charge in [0.05, 0.1) is 45.6 Å². The Kier molecular flexibility index (Phi) is 16.4. The second-order valence-corrected chi connectivity index (χ2v) is 23.4. The summed E-state index contributed by atoms with van der Waals surface area (Å²) < 4.78 is 115. The number of aliphatic hydroxyl groups is 3. The minimum Gasteiger partial charge on any atom is -0.756 e. The Hall–Kier alpha value is -4.95. The Morgan fingerprint density at radius 2 is 1.33 bits per heavy atom. The third-order valence-corrected chi connectivity index (χ3v) is 17.2. The first-order valence-corrected chi connectivity index (χ1v) is 28.6. The molecule has 9 N–H and O–H groups in total. The van der Waals surface area contributed by atoms with Crippen molar-refractivity contribution in [1.29, 1.82) is 0 Å². The number of hydrogen-bond donors (Lipinski definition) is 7. The number of anilines is 3. The predicted octanol–water partition coefficient (Wildman–Crippen LogP) is -4.64. The van der Waals surface area contributed by atoms with Gasteiger partial charge in [-0.15, -0.1) is 0 Å². The molecule has 0 radical (unpaired) electrons. The molecule has 3 fully saturated rings. The van der Waals surface area contributed by atoms with Crippen molar-refractivity contribution in [3.63, 3.8) is 0 Å². The highest BCUT2D eigenvalue weighted by Crippen LogP contribution is 2.63. The Balaban J connectivity index is 0.881. The number of nitrogens with zero attached hydrogens (tertiary/aromatic N) is 11. The maximum atomic E-state index is 13.8. The van der Waals surface area contributed by atoms with Crippen LogP contribution in [-0.4, -0.2) is 164 Å². The number of nitrogen functional groups attached to an aromatic ring is 2. The average molecular weight is 1180 g/mol. The molecule has 0 aliphatic carbocycles. The van der Waals surface area contributed by atoms with Gasteiger partial charge >= 0.3 is 5.65 Å². The first kappa shape index (κ1) is 57.7. The van der Waals surface area contributed by atoms with E-state index in [1.165, 1.54) is 46.8 Å². The summed E-state index contributed by atoms with van der Waals surface area (Å²) in [7, 11) is -20.6. The molecule has 6 aromatic rings. The topological polar surface area (TPSA) is 529 Å². The fraction of sp³-hybridized carbons (Fsp3) is 0.583. The normalized spacial score (nSPS) is 29.8. The quantitative estimate of drug-likeness (QED) is 0.0248. The van der Waals surface area contributed by atoms with Crippen LogP contribution in [0.4, 0.5) is 17.6 Å². The maximum Gasteiger partial charge on any atom is 0.313 e. The molecular formula is C36H48N15O23P4-3. The van der Waals surface area contributed by atoms with E-state index in [2.05, 4.69) is 58.3 Å². The van der Waals surface area contributed by atoms with Gasteiger partial charge in [0.25, 0.3) is 42.8 Å². The Morgan fingerprint density at radius 3 is 1.97 bits per heavy atom. The van der Waals surface area contributed by atoms with Gasteiger partial charge in [0.2, 0.25) is 11.7 Å². The van der Waals surface area contributed by atoms with Crippen LogP contribution >= 0.6 is 31.3 Å². The molecule has 0 spiro atoms. The fourth-order valence-corrected chi connectivity index (χ4v) is 13.1. The lowest BCUT2D eigenvalue weighted by Crippen LogP contribution is -2.46. The van der Waals surface area contributed by atoms with Crippen LogP contribution < -0.4 is 46.5 Å². The van der Waals surface area contributed by atoms with Crippen LogP contribution in [0.15, 0.2) is 36.4 Å². The van der Waals surface area contributed by atoms with Gasteiger partial charge in [-0.1, -0.05) is 4.98 Å². The van der Waals surface area contributed by atoms with Crippen LogP contribution in [0.25, 0.3) is 33.5 Å². The Labute approximate surface area is 436 Å². The number of aliphatic hydroxyl groups excluding tert-OH is 3. The van der Waals surface area contributed by atoms with Crippen molar-refractivity contribution >= 4 is 82.4 Å². The van der Waals surface area contributed by atoms with E-state index in [0.29, 0.717) is 0 Å². The van der Waals surface area contributed by atoms with Crippen LogP contribution in [0.2, 0.25) is 0 Å². The maximum absolute atomic E-state index is 13.8. The number of aromatic nitrogens is 12. The number of aromatic amines is 1. The van der Waals surface area contributed by atoms with Crippen molar-refractivity contribution < 1.29 is 108 Å². The molecule has 3 aliphatic heterocycles. The number of nitrogens with one attached hydrogen (secondary N) is 2. The zero-order valence-electron chi connectivity index (χ0n) is 40.9. The molecule has 42 heteroatoms. The number of fused-ring (bicyclic) bond motifs is 3. The second kappa shape index (κ2) is 22.2. The molecule has 9 rings (SSSR count). The van der Waals surface area contributed by atoms with Crippen LogP contribution in [0.3, 0.4) is 0 Å². The number of aryl methyl sites for hydroxylation is 1. The number of hydrogen-bond acceptors (Lipinski definition) is 33. The number of imidazole rings is 3. The SMILES string of the molecule is CNc1ncnc2c1ncn2[C@@H]1O[C@H](COP(=O)([O-])OP(=O)([O-])OP(=O)([O-])OC[C@H]2O[C@@H]([n+]3cn(C)c4c(=O)[nH]c(N)nc43)C(O)[C@H]2O)[C@H](OP(=O)([O-])OC[C@H]2O[C@@H](n3cnc4c(N)ncnc43)C(O)[C@H]2OC(C)C)C1OC. The van der Waals surface area contributed by atoms with Crippen molar-refractivity contribution in [3.8, 4) is 0 Å². The first-order valence-electron chi connectivity index (χ1n) is 22.7. The molecular weight excluding hydrogens is 1130 g/mol. The fourth-order valence-electron chi connectivity index (χ4n) is 8.82. The molecule has 3 aliphatic rings. The Morgan fingerprint density at radius 1 is 0.756 bits per heavy atom. The van der Waals surface area contributed by atoms with Crippen LogP contribution in [-0.2, 0) is 75.7 Å². The van der Waals surface area contributed by atoms with Gasteiger partial charge in [0.15, 0.2) is 41.7 Å². The van der Waals surface area contributed by atoms with E-state index in [1.54, 1.807) is 13.8 Å². The molecule has 78 heavy (non-hydrogen) atoms. The number of phosphoric acid groups is 4. The number of nitrogens with two attached hydrogens (primary N) is 2. The van der Waals surface area contributed by atoms with Crippen molar-refractivity contribution in [2.75, 3.05) is 50.8 Å². The first-order chi connectivity index (χ1) is 36.7. The number of rotatable bonds is 22. The van der Waals surface area contributed by atoms with Gasteiger partial charge in [-0.25, -0.2) is 43.1 Å². The van der Waals surface area contributed by atoms with Crippen LogP contribution in [0.5, 0.6) is 0 Å². The van der Waals surface area contributed by atoms with Crippen molar-refractivity contribution in [3.05, 3.63) is 42.0 Å². The summed E-state index contributed by atoms with van der Waals surface area (Å²) in [6.07, 6.45) is -13.8. The third-order valence-electron chi connectivity index (χ3n) is 12.1. The van der Waals surface area contributed by atoms with Crippen molar-refractivity contribution in [2.45, 2.75) is 93.6 Å². The van der Waals surface area contributed by atoms with Gasteiger partial charge in [-0.05, 0) is 13.8 Å². The highest BCUT2D eigenvalue weighted by Gasteiger charge is 2.52. The lowest BCUT2D eigenvalue weighted by molar-refractivity contribution is -0.745. The second-order valence-electron chi connectivity index (χ2n) is 17.6. The number of phosphoric ester groups is 3. The molecule has 0 amide bonds. The molecule has 38 nitrogen and oxygen atoms in total. The lowest BCUT2D eigenvalue weighted by atomic mass is 10.1. The minimum atomic E-state index is -6.57. The molecule has 6 aromatic heterocycles. The van der Waals surface area contributed by atoms with Gasteiger partial charge in [-0.3, -0.25) is 41.7 Å². The highest BCUT2D eigenvalue weighted by molar-refractivity contribution is 7.65. The highest BCUT2D eigenvalue weighted by atomic mass is 31.3. The Bertz CT molecular complexity index is 3440. The summed E-state index contributed by atoms with van der Waals surface area (Å²) in [5.74, 6) is -0.0509. The lowest BCUT2D eigenvalue weighted by Gasteiger charge is -2.35. The summed E-state index contributed by atoms with van der Waals surface area (Å²) in [6.45, 7) is -0.177. The van der Waals surface area contributed by atoms with Crippen molar-refractivity contribution in [2.24, 2.45) is 7.05 Å². The van der Waals surface area contributed by atoms with E-state index in [9.17, 15) is 57.9 Å². The number of ether oxygens (including phenoxy) is 5.